The Morgan fingerprint density at radius 1 is 1.20 bits per heavy atom. The molecule has 7 heteroatoms. The van der Waals surface area contributed by atoms with Crippen LogP contribution in [0.3, 0.4) is 0 Å². The van der Waals surface area contributed by atoms with Gasteiger partial charge in [-0.05, 0) is 36.5 Å². The first-order valence-corrected chi connectivity index (χ1v) is 6.78. The molecule has 0 bridgehead atoms. The molecular formula is C13H15FN2O3S. The van der Waals surface area contributed by atoms with E-state index in [9.17, 15) is 9.50 Å². The third kappa shape index (κ3) is 2.76. The zero-order valence-corrected chi connectivity index (χ0v) is 11.4. The van der Waals surface area contributed by atoms with Crippen LogP contribution in [0.5, 0.6) is 0 Å². The summed E-state index contributed by atoms with van der Waals surface area (Å²) in [6.45, 7) is 0.712. The highest BCUT2D eigenvalue weighted by molar-refractivity contribution is 7.80. The van der Waals surface area contributed by atoms with E-state index in [1.807, 2.05) is 0 Å². The van der Waals surface area contributed by atoms with Crippen LogP contribution in [0.4, 0.5) is 10.1 Å². The second-order valence-corrected chi connectivity index (χ2v) is 5.28. The Labute approximate surface area is 121 Å². The van der Waals surface area contributed by atoms with Gasteiger partial charge < -0.3 is 25.2 Å². The molecule has 3 rings (SSSR count). The molecule has 0 aromatic heterocycles. The summed E-state index contributed by atoms with van der Waals surface area (Å²) in [7, 11) is 0. The first-order chi connectivity index (χ1) is 9.63. The number of hydrogen-bond donors (Lipinski definition) is 3. The molecule has 2 heterocycles. The molecule has 2 aliphatic heterocycles. The number of aliphatic hydroxyl groups excluding tert-OH is 1. The smallest absolute Gasteiger partial charge is 0.171 e. The largest absolute Gasteiger partial charge is 0.388 e. The van der Waals surface area contributed by atoms with Crippen LogP contribution in [-0.4, -0.2) is 47.8 Å². The van der Waals surface area contributed by atoms with E-state index in [4.69, 9.17) is 21.7 Å². The number of aliphatic hydroxyl groups is 1. The number of ether oxygens (including phenoxy) is 2. The van der Waals surface area contributed by atoms with Crippen molar-refractivity contribution in [3.8, 4) is 0 Å². The van der Waals surface area contributed by atoms with Crippen LogP contribution in [0, 0.1) is 5.82 Å². The number of halogens is 1. The molecule has 0 amide bonds. The Morgan fingerprint density at radius 2 is 1.90 bits per heavy atom. The Balaban J connectivity index is 1.56. The Hall–Kier alpha value is -1.28. The highest BCUT2D eigenvalue weighted by atomic mass is 32.1. The number of rotatable bonds is 2. The van der Waals surface area contributed by atoms with Crippen molar-refractivity contribution in [1.29, 1.82) is 0 Å². The molecule has 5 nitrogen and oxygen atoms in total. The van der Waals surface area contributed by atoms with Gasteiger partial charge in [0, 0.05) is 5.69 Å². The zero-order chi connectivity index (χ0) is 14.1. The van der Waals surface area contributed by atoms with E-state index in [1.54, 1.807) is 12.1 Å². The monoisotopic (exact) mass is 298 g/mol. The second kappa shape index (κ2) is 5.61. The minimum Gasteiger partial charge on any atom is -0.388 e. The Morgan fingerprint density at radius 3 is 2.65 bits per heavy atom. The molecule has 2 aliphatic rings. The SMILES string of the molecule is O[C@@H]1CO[C@H]2[C@H]1OC[C@H]2NC(=S)Nc1ccc(F)cc1. The van der Waals surface area contributed by atoms with Gasteiger partial charge in [-0.15, -0.1) is 0 Å². The maximum Gasteiger partial charge on any atom is 0.171 e. The molecule has 1 aromatic rings. The topological polar surface area (TPSA) is 62.8 Å². The normalized spacial score (nSPS) is 31.9. The van der Waals surface area contributed by atoms with E-state index in [0.717, 1.165) is 0 Å². The van der Waals surface area contributed by atoms with Crippen molar-refractivity contribution >= 4 is 23.0 Å². The lowest BCUT2D eigenvalue weighted by molar-refractivity contribution is 0.0180. The van der Waals surface area contributed by atoms with Gasteiger partial charge in [-0.25, -0.2) is 4.39 Å². The van der Waals surface area contributed by atoms with Crippen LogP contribution in [0.2, 0.25) is 0 Å². The summed E-state index contributed by atoms with van der Waals surface area (Å²) in [5.41, 5.74) is 0.701. The molecule has 2 fully saturated rings. The highest BCUT2D eigenvalue weighted by Crippen LogP contribution is 2.26. The van der Waals surface area contributed by atoms with Gasteiger partial charge in [-0.3, -0.25) is 0 Å². The summed E-state index contributed by atoms with van der Waals surface area (Å²) >= 11 is 5.21. The number of nitrogens with one attached hydrogen (secondary N) is 2. The van der Waals surface area contributed by atoms with Crippen molar-refractivity contribution in [2.24, 2.45) is 0 Å². The van der Waals surface area contributed by atoms with Crippen LogP contribution in [-0.2, 0) is 9.47 Å². The predicted molar refractivity (Wildman–Crippen MR) is 75.0 cm³/mol. The van der Waals surface area contributed by atoms with Gasteiger partial charge >= 0.3 is 0 Å². The summed E-state index contributed by atoms with van der Waals surface area (Å²) in [5.74, 6) is -0.296. The van der Waals surface area contributed by atoms with E-state index in [-0.39, 0.29) is 30.7 Å². The van der Waals surface area contributed by atoms with Crippen LogP contribution >= 0.6 is 12.2 Å². The van der Waals surface area contributed by atoms with Crippen molar-refractivity contribution in [2.45, 2.75) is 24.4 Å². The Bertz CT molecular complexity index is 499. The van der Waals surface area contributed by atoms with Gasteiger partial charge in [-0.2, -0.15) is 0 Å². The van der Waals surface area contributed by atoms with Gasteiger partial charge in [-0.1, -0.05) is 0 Å². The number of benzene rings is 1. The fourth-order valence-corrected chi connectivity index (χ4v) is 2.74. The fourth-order valence-electron chi connectivity index (χ4n) is 2.47. The number of hydrogen-bond acceptors (Lipinski definition) is 4. The first-order valence-electron chi connectivity index (χ1n) is 6.38. The first kappa shape index (κ1) is 13.7. The van der Waals surface area contributed by atoms with Crippen LogP contribution in [0.1, 0.15) is 0 Å². The van der Waals surface area contributed by atoms with Gasteiger partial charge in [0.1, 0.15) is 24.1 Å². The van der Waals surface area contributed by atoms with Crippen molar-refractivity contribution in [2.75, 3.05) is 18.5 Å². The lowest BCUT2D eigenvalue weighted by atomic mass is 10.1. The summed E-state index contributed by atoms with van der Waals surface area (Å²) in [6.07, 6.45) is -1.07. The van der Waals surface area contributed by atoms with Gasteiger partial charge in [0.15, 0.2) is 5.11 Å². The minimum atomic E-state index is -0.578. The van der Waals surface area contributed by atoms with Gasteiger partial charge in [0.05, 0.1) is 19.3 Å². The van der Waals surface area contributed by atoms with Gasteiger partial charge in [0.2, 0.25) is 0 Å². The molecule has 4 atom stereocenters. The average molecular weight is 298 g/mol. The third-order valence-corrected chi connectivity index (χ3v) is 3.67. The quantitative estimate of drug-likeness (QED) is 0.697. The lowest BCUT2D eigenvalue weighted by Crippen LogP contribution is -2.45. The van der Waals surface area contributed by atoms with E-state index in [2.05, 4.69) is 10.6 Å². The average Bonchev–Trinajstić information content (AvgIpc) is 2.97. The summed E-state index contributed by atoms with van der Waals surface area (Å²) in [6, 6.07) is 5.82. The summed E-state index contributed by atoms with van der Waals surface area (Å²) < 4.78 is 23.8. The van der Waals surface area contributed by atoms with Gasteiger partial charge in [0.25, 0.3) is 0 Å². The van der Waals surface area contributed by atoms with Crippen molar-refractivity contribution in [3.63, 3.8) is 0 Å². The summed E-state index contributed by atoms with van der Waals surface area (Å²) in [4.78, 5) is 0. The molecule has 2 saturated heterocycles. The number of thiocarbonyl (C=S) groups is 1. The molecule has 20 heavy (non-hydrogen) atoms. The molecule has 108 valence electrons. The standard InChI is InChI=1S/C13H15FN2O3S/c14-7-1-3-8(4-2-7)15-13(20)16-9-5-18-12-10(17)6-19-11(9)12/h1-4,9-12,17H,5-6H2,(H2,15,16,20)/t9-,10-,11-,12+/m1/s1. The van der Waals surface area contributed by atoms with E-state index < -0.39 is 6.10 Å². The van der Waals surface area contributed by atoms with Crippen LogP contribution in [0.25, 0.3) is 0 Å². The molecule has 3 N–H and O–H groups in total. The Kier molecular flexibility index (Phi) is 3.84. The van der Waals surface area contributed by atoms with Crippen molar-refractivity contribution in [3.05, 3.63) is 30.1 Å². The zero-order valence-electron chi connectivity index (χ0n) is 10.6. The molecule has 0 aliphatic carbocycles. The summed E-state index contributed by atoms with van der Waals surface area (Å²) in [5, 5.41) is 16.1. The molecule has 0 unspecified atom stereocenters. The molecule has 0 saturated carbocycles. The molecule has 0 spiro atoms. The van der Waals surface area contributed by atoms with Crippen molar-refractivity contribution < 1.29 is 19.0 Å². The highest BCUT2D eigenvalue weighted by Gasteiger charge is 2.47. The second-order valence-electron chi connectivity index (χ2n) is 4.88. The van der Waals surface area contributed by atoms with E-state index in [1.165, 1.54) is 12.1 Å². The van der Waals surface area contributed by atoms with E-state index in [0.29, 0.717) is 17.4 Å². The molecule has 1 aromatic carbocycles. The van der Waals surface area contributed by atoms with Crippen LogP contribution in [0.15, 0.2) is 24.3 Å². The number of fused-ring (bicyclic) bond motifs is 1. The maximum absolute atomic E-state index is 12.8. The van der Waals surface area contributed by atoms with Crippen LogP contribution < -0.4 is 10.6 Å². The molecular weight excluding hydrogens is 283 g/mol. The fraction of sp³-hybridized carbons (Fsp3) is 0.462. The lowest BCUT2D eigenvalue weighted by Gasteiger charge is -2.19. The molecule has 0 radical (unpaired) electrons. The predicted octanol–water partition coefficient (Wildman–Crippen LogP) is 0.639. The maximum atomic E-state index is 12.8. The minimum absolute atomic E-state index is 0.0994. The third-order valence-electron chi connectivity index (χ3n) is 3.45. The van der Waals surface area contributed by atoms with Crippen molar-refractivity contribution in [1.82, 2.24) is 5.32 Å². The van der Waals surface area contributed by atoms with E-state index >= 15 is 0 Å². The number of anilines is 1.